The Morgan fingerprint density at radius 2 is 1.66 bits per heavy atom. The van der Waals surface area contributed by atoms with E-state index in [1.165, 1.54) is 38.8 Å². The summed E-state index contributed by atoms with van der Waals surface area (Å²) in [5.74, 6) is 3.37. The number of ether oxygens (including phenoxy) is 3. The van der Waals surface area contributed by atoms with Crippen LogP contribution in [0.2, 0.25) is 0 Å². The minimum absolute atomic E-state index is 0.0646. The molecule has 0 spiro atoms. The molecule has 180 valence electrons. The van der Waals surface area contributed by atoms with E-state index in [0.29, 0.717) is 12.7 Å². The number of hydrogen-bond acceptors (Lipinski definition) is 5. The number of nitrogens with zero attached hydrogens (tertiary/aromatic N) is 2. The van der Waals surface area contributed by atoms with Crippen LogP contribution in [-0.4, -0.2) is 37.1 Å². The maximum absolute atomic E-state index is 5.78. The molecule has 5 nitrogen and oxygen atoms in total. The highest BCUT2D eigenvalue weighted by Gasteiger charge is 2.44. The lowest BCUT2D eigenvalue weighted by molar-refractivity contribution is -0.401. The number of thioether (sulfide) groups is 1. The van der Waals surface area contributed by atoms with Crippen LogP contribution in [0.15, 0.2) is 65.2 Å². The molecular weight excluding hydrogens is 456 g/mol. The van der Waals surface area contributed by atoms with Crippen molar-refractivity contribution in [2.45, 2.75) is 43.4 Å². The van der Waals surface area contributed by atoms with Crippen molar-refractivity contribution in [2.24, 2.45) is 0 Å². The van der Waals surface area contributed by atoms with Gasteiger partial charge in [-0.15, -0.1) is 0 Å². The van der Waals surface area contributed by atoms with E-state index in [1.54, 1.807) is 11.8 Å². The minimum Gasteiger partial charge on any atom is -0.481 e. The first kappa shape index (κ1) is 22.4. The molecule has 35 heavy (non-hydrogen) atoms. The van der Waals surface area contributed by atoms with E-state index in [2.05, 4.69) is 106 Å². The van der Waals surface area contributed by atoms with Gasteiger partial charge in [-0.25, -0.2) is 0 Å². The van der Waals surface area contributed by atoms with Crippen molar-refractivity contribution in [3.8, 4) is 17.2 Å². The largest absolute Gasteiger partial charge is 0.481 e. The summed E-state index contributed by atoms with van der Waals surface area (Å²) in [5.41, 5.74) is 7.35. The van der Waals surface area contributed by atoms with Gasteiger partial charge in [0, 0.05) is 41.6 Å². The van der Waals surface area contributed by atoms with Crippen LogP contribution in [0.25, 0.3) is 0 Å². The lowest BCUT2D eigenvalue weighted by atomic mass is 9.81. The molecule has 0 N–H and O–H groups in total. The molecule has 4 heterocycles. The van der Waals surface area contributed by atoms with Crippen LogP contribution in [0.5, 0.6) is 17.2 Å². The lowest BCUT2D eigenvalue weighted by Gasteiger charge is -2.23. The van der Waals surface area contributed by atoms with Gasteiger partial charge in [0.1, 0.15) is 18.7 Å². The van der Waals surface area contributed by atoms with E-state index in [-0.39, 0.29) is 10.8 Å². The highest BCUT2D eigenvalue weighted by molar-refractivity contribution is 7.99. The van der Waals surface area contributed by atoms with Crippen molar-refractivity contribution < 1.29 is 18.8 Å². The molecule has 0 fully saturated rings. The summed E-state index contributed by atoms with van der Waals surface area (Å²) in [6.07, 6.45) is 10.8. The van der Waals surface area contributed by atoms with Crippen LogP contribution in [-0.2, 0) is 10.8 Å². The Bertz CT molecular complexity index is 1380. The van der Waals surface area contributed by atoms with Gasteiger partial charge in [0.05, 0.1) is 16.4 Å². The number of likely N-dealkylation sites (N-methyl/N-ethyl adjacent to an activating group) is 1. The molecule has 6 heteroatoms. The predicted molar refractivity (Wildman–Crippen MR) is 142 cm³/mol. The number of hydrogen-bond donors (Lipinski definition) is 0. The van der Waals surface area contributed by atoms with Crippen LogP contribution in [0.4, 0.5) is 11.4 Å². The summed E-state index contributed by atoms with van der Waals surface area (Å²) in [4.78, 5) is 3.50. The predicted octanol–water partition coefficient (Wildman–Crippen LogP) is 6.29. The van der Waals surface area contributed by atoms with Gasteiger partial charge in [0.25, 0.3) is 0 Å². The molecule has 0 bridgehead atoms. The van der Waals surface area contributed by atoms with Gasteiger partial charge in [-0.2, -0.15) is 4.58 Å². The van der Waals surface area contributed by atoms with Gasteiger partial charge in [-0.3, -0.25) is 0 Å². The zero-order valence-corrected chi connectivity index (χ0v) is 22.0. The van der Waals surface area contributed by atoms with Gasteiger partial charge in [0.2, 0.25) is 12.5 Å². The summed E-state index contributed by atoms with van der Waals surface area (Å²) in [6, 6.07) is 8.72. The average molecular weight is 488 g/mol. The summed E-state index contributed by atoms with van der Waals surface area (Å²) in [7, 11) is 4.26. The summed E-state index contributed by atoms with van der Waals surface area (Å²) in [5, 5.41) is 0. The molecule has 6 rings (SSSR count). The first-order valence-corrected chi connectivity index (χ1v) is 13.0. The Morgan fingerprint density at radius 1 is 0.886 bits per heavy atom. The summed E-state index contributed by atoms with van der Waals surface area (Å²) < 4.78 is 19.3. The fraction of sp³-hybridized carbons (Fsp3) is 0.345. The molecule has 2 aromatic carbocycles. The average Bonchev–Trinajstić information content (AvgIpc) is 3.55. The number of fused-ring (bicyclic) bond motifs is 4. The minimum atomic E-state index is -0.121. The Morgan fingerprint density at radius 3 is 2.46 bits per heavy atom. The van der Waals surface area contributed by atoms with Crippen molar-refractivity contribution in [2.75, 3.05) is 31.7 Å². The van der Waals surface area contributed by atoms with Gasteiger partial charge in [-0.05, 0) is 37.6 Å². The van der Waals surface area contributed by atoms with Crippen molar-refractivity contribution in [1.82, 2.24) is 0 Å². The van der Waals surface area contributed by atoms with E-state index in [0.717, 1.165) is 17.2 Å². The molecule has 0 atom stereocenters. The first-order chi connectivity index (χ1) is 16.7. The molecule has 2 aromatic rings. The molecule has 0 saturated carbocycles. The molecule has 0 radical (unpaired) electrons. The SMILES string of the molecule is CN1\C(=C/C=C/C=C/C2=[N+](C)c3cc4c(cc3C2(C)C)SCO4)C(C)(C)c2cc3c(cc21)OCO3. The fourth-order valence-corrected chi connectivity index (χ4v) is 6.56. The first-order valence-electron chi connectivity index (χ1n) is 12.0. The Hall–Kier alpha value is -3.12. The van der Waals surface area contributed by atoms with Crippen molar-refractivity contribution >= 4 is 28.8 Å². The van der Waals surface area contributed by atoms with Gasteiger partial charge in [-0.1, -0.05) is 43.8 Å². The lowest BCUT2D eigenvalue weighted by Crippen LogP contribution is -2.26. The highest BCUT2D eigenvalue weighted by Crippen LogP contribution is 2.51. The Balaban J connectivity index is 1.25. The quantitative estimate of drug-likeness (QED) is 0.376. The molecule has 4 aliphatic rings. The smallest absolute Gasteiger partial charge is 0.231 e. The van der Waals surface area contributed by atoms with Crippen LogP contribution in [0, 0.1) is 0 Å². The molecule has 0 unspecified atom stereocenters. The van der Waals surface area contributed by atoms with Gasteiger partial charge >= 0.3 is 0 Å². The summed E-state index contributed by atoms with van der Waals surface area (Å²) in [6.45, 7) is 9.41. The molecule has 0 aromatic heterocycles. The highest BCUT2D eigenvalue weighted by atomic mass is 32.2. The third kappa shape index (κ3) is 3.26. The second-order valence-corrected chi connectivity index (χ2v) is 11.5. The van der Waals surface area contributed by atoms with Crippen molar-refractivity contribution in [3.63, 3.8) is 0 Å². The number of benzene rings is 2. The van der Waals surface area contributed by atoms with Crippen molar-refractivity contribution in [1.29, 1.82) is 0 Å². The number of anilines is 1. The standard InChI is InChI=1S/C29H31N2O3S/c1-28(2)18-12-22-23(33-16-32-22)14-20(18)30(5)26(28)10-8-7-9-11-27-29(3,4)19-13-25-24(34-17-35-25)15-21(19)31(27)6/h7-15H,16-17H2,1-6H3/q+1. The molecule has 4 aliphatic heterocycles. The van der Waals surface area contributed by atoms with E-state index in [1.807, 2.05) is 0 Å². The second-order valence-electron chi connectivity index (χ2n) is 10.5. The monoisotopic (exact) mass is 487 g/mol. The van der Waals surface area contributed by atoms with Gasteiger partial charge in [0.15, 0.2) is 17.2 Å². The molecule has 0 aliphatic carbocycles. The van der Waals surface area contributed by atoms with E-state index < -0.39 is 0 Å². The topological polar surface area (TPSA) is 33.9 Å². The number of rotatable bonds is 3. The third-order valence-electron chi connectivity index (χ3n) is 7.79. The van der Waals surface area contributed by atoms with E-state index in [9.17, 15) is 0 Å². The molecular formula is C29H31N2O3S+. The van der Waals surface area contributed by atoms with E-state index in [4.69, 9.17) is 14.2 Å². The fourth-order valence-electron chi connectivity index (χ4n) is 5.79. The zero-order valence-electron chi connectivity index (χ0n) is 21.1. The second kappa shape index (κ2) is 7.69. The maximum atomic E-state index is 5.78. The van der Waals surface area contributed by atoms with Crippen LogP contribution < -0.4 is 19.1 Å². The van der Waals surface area contributed by atoms with Crippen molar-refractivity contribution in [3.05, 3.63) is 71.5 Å². The molecule has 0 amide bonds. The third-order valence-corrected chi connectivity index (χ3v) is 8.65. The van der Waals surface area contributed by atoms with Crippen LogP contribution >= 0.6 is 11.8 Å². The van der Waals surface area contributed by atoms with E-state index >= 15 is 0 Å². The van der Waals surface area contributed by atoms with Gasteiger partial charge < -0.3 is 19.1 Å². The normalized spacial score (nSPS) is 21.9. The van der Waals surface area contributed by atoms with Crippen LogP contribution in [0.3, 0.4) is 0 Å². The summed E-state index contributed by atoms with van der Waals surface area (Å²) >= 11 is 1.77. The van der Waals surface area contributed by atoms with Crippen LogP contribution in [0.1, 0.15) is 38.8 Å². The Kier molecular flexibility index (Phi) is 4.91. The zero-order chi connectivity index (χ0) is 24.5. The Labute approximate surface area is 211 Å². The number of allylic oxidation sites excluding steroid dienone is 6. The maximum Gasteiger partial charge on any atom is 0.231 e. The molecule has 0 saturated heterocycles.